The Morgan fingerprint density at radius 2 is 1.81 bits per heavy atom. The van der Waals surface area contributed by atoms with Crippen molar-refractivity contribution in [2.24, 2.45) is 0 Å². The number of benzene rings is 2. The highest BCUT2D eigenvalue weighted by molar-refractivity contribution is 5.94. The number of nitrogens with zero attached hydrogens (tertiary/aromatic N) is 2. The molecular formula is C25H33N3O4. The van der Waals surface area contributed by atoms with Crippen LogP contribution in [-0.2, 0) is 4.79 Å². The van der Waals surface area contributed by atoms with Gasteiger partial charge in [-0.3, -0.25) is 14.5 Å². The van der Waals surface area contributed by atoms with Gasteiger partial charge in [-0.25, -0.2) is 0 Å². The van der Waals surface area contributed by atoms with Crippen molar-refractivity contribution in [2.45, 2.75) is 20.3 Å². The summed E-state index contributed by atoms with van der Waals surface area (Å²) in [5.74, 6) is 0.658. The first-order valence-corrected chi connectivity index (χ1v) is 11.1. The Kier molecular flexibility index (Phi) is 8.50. The standard InChI is InChI=1S/C25H33N3O4/c1-19-6-4-7-22(16-19)28-14-12-27(13-15-28)11-5-10-26-25(30)18-32-23-9-8-21(20(2)29)17-24(23)31-3/h4,6-9,16-17H,5,10-15,18H2,1-3H3,(H,26,30). The monoisotopic (exact) mass is 439 g/mol. The maximum atomic E-state index is 12.1. The second-order valence-electron chi connectivity index (χ2n) is 8.08. The molecule has 1 amide bonds. The van der Waals surface area contributed by atoms with Crippen molar-refractivity contribution in [3.63, 3.8) is 0 Å². The lowest BCUT2D eigenvalue weighted by molar-refractivity contribution is -0.123. The van der Waals surface area contributed by atoms with Crippen LogP contribution in [0.5, 0.6) is 11.5 Å². The molecule has 172 valence electrons. The third-order valence-electron chi connectivity index (χ3n) is 5.64. The quantitative estimate of drug-likeness (QED) is 0.453. The van der Waals surface area contributed by atoms with E-state index in [4.69, 9.17) is 9.47 Å². The average Bonchev–Trinajstić information content (AvgIpc) is 2.80. The van der Waals surface area contributed by atoms with Crippen molar-refractivity contribution >= 4 is 17.4 Å². The predicted molar refractivity (Wildman–Crippen MR) is 126 cm³/mol. The molecule has 1 fully saturated rings. The lowest BCUT2D eigenvalue weighted by Crippen LogP contribution is -2.47. The summed E-state index contributed by atoms with van der Waals surface area (Å²) in [4.78, 5) is 28.5. The molecule has 2 aromatic rings. The van der Waals surface area contributed by atoms with E-state index in [2.05, 4.69) is 46.3 Å². The fraction of sp³-hybridized carbons (Fsp3) is 0.440. The Morgan fingerprint density at radius 3 is 2.50 bits per heavy atom. The number of amides is 1. The van der Waals surface area contributed by atoms with Crippen LogP contribution in [0.4, 0.5) is 5.69 Å². The predicted octanol–water partition coefficient (Wildman–Crippen LogP) is 2.91. The first-order valence-electron chi connectivity index (χ1n) is 11.1. The van der Waals surface area contributed by atoms with Gasteiger partial charge in [0.05, 0.1) is 7.11 Å². The molecule has 1 aliphatic rings. The summed E-state index contributed by atoms with van der Waals surface area (Å²) in [7, 11) is 1.51. The van der Waals surface area contributed by atoms with Crippen LogP contribution in [0.3, 0.4) is 0 Å². The van der Waals surface area contributed by atoms with Gasteiger partial charge in [-0.15, -0.1) is 0 Å². The lowest BCUT2D eigenvalue weighted by Gasteiger charge is -2.36. The molecule has 32 heavy (non-hydrogen) atoms. The first-order chi connectivity index (χ1) is 15.5. The normalized spacial score (nSPS) is 14.2. The number of rotatable bonds is 10. The minimum atomic E-state index is -0.174. The molecule has 1 heterocycles. The fourth-order valence-electron chi connectivity index (χ4n) is 3.78. The van der Waals surface area contributed by atoms with Crippen molar-refractivity contribution < 1.29 is 19.1 Å². The van der Waals surface area contributed by atoms with Crippen molar-refractivity contribution in [1.82, 2.24) is 10.2 Å². The molecule has 0 aliphatic carbocycles. The number of Topliss-reactive ketones (excluding diaryl/α,β-unsaturated/α-hetero) is 1. The molecule has 1 N–H and O–H groups in total. The topological polar surface area (TPSA) is 71.1 Å². The molecule has 1 aliphatic heterocycles. The van der Waals surface area contributed by atoms with Crippen LogP contribution >= 0.6 is 0 Å². The van der Waals surface area contributed by atoms with E-state index in [1.165, 1.54) is 25.3 Å². The molecule has 3 rings (SSSR count). The second-order valence-corrected chi connectivity index (χ2v) is 8.08. The van der Waals surface area contributed by atoms with Crippen molar-refractivity contribution in [3.8, 4) is 11.5 Å². The third-order valence-corrected chi connectivity index (χ3v) is 5.64. The summed E-state index contributed by atoms with van der Waals surface area (Å²) in [5.41, 5.74) is 3.12. The molecule has 0 spiro atoms. The number of ether oxygens (including phenoxy) is 2. The largest absolute Gasteiger partial charge is 0.493 e. The highest BCUT2D eigenvalue weighted by Gasteiger charge is 2.17. The number of piperazine rings is 1. The summed E-state index contributed by atoms with van der Waals surface area (Å²) in [6, 6.07) is 13.6. The van der Waals surface area contributed by atoms with E-state index in [1.807, 2.05) is 0 Å². The lowest BCUT2D eigenvalue weighted by atomic mass is 10.1. The minimum absolute atomic E-state index is 0.0517. The van der Waals surface area contributed by atoms with Crippen LogP contribution in [0, 0.1) is 6.92 Å². The van der Waals surface area contributed by atoms with E-state index in [1.54, 1.807) is 18.2 Å². The molecule has 0 bridgehead atoms. The maximum Gasteiger partial charge on any atom is 0.257 e. The summed E-state index contributed by atoms with van der Waals surface area (Å²) >= 11 is 0. The van der Waals surface area contributed by atoms with Gasteiger partial charge in [0, 0.05) is 44.0 Å². The number of methoxy groups -OCH3 is 1. The van der Waals surface area contributed by atoms with Gasteiger partial charge < -0.3 is 19.7 Å². The summed E-state index contributed by atoms with van der Waals surface area (Å²) in [6.07, 6.45) is 0.896. The van der Waals surface area contributed by atoms with Gasteiger partial charge in [0.15, 0.2) is 23.9 Å². The van der Waals surface area contributed by atoms with Crippen LogP contribution in [0.2, 0.25) is 0 Å². The molecule has 1 saturated heterocycles. The average molecular weight is 440 g/mol. The number of hydrogen-bond acceptors (Lipinski definition) is 6. The van der Waals surface area contributed by atoms with Gasteiger partial charge in [-0.05, 0) is 62.7 Å². The van der Waals surface area contributed by atoms with Gasteiger partial charge >= 0.3 is 0 Å². The second kappa shape index (κ2) is 11.5. The number of nitrogens with one attached hydrogen (secondary N) is 1. The maximum absolute atomic E-state index is 12.1. The van der Waals surface area contributed by atoms with Crippen LogP contribution < -0.4 is 19.7 Å². The molecule has 0 aromatic heterocycles. The Balaban J connectivity index is 1.32. The number of carbonyl (C=O) groups is 2. The Morgan fingerprint density at radius 1 is 1.03 bits per heavy atom. The number of hydrogen-bond donors (Lipinski definition) is 1. The van der Waals surface area contributed by atoms with Gasteiger partial charge in [0.1, 0.15) is 0 Å². The fourth-order valence-corrected chi connectivity index (χ4v) is 3.78. The molecule has 0 atom stereocenters. The first kappa shape index (κ1) is 23.6. The van der Waals surface area contributed by atoms with Crippen LogP contribution in [0.25, 0.3) is 0 Å². The zero-order valence-electron chi connectivity index (χ0n) is 19.2. The van der Waals surface area contributed by atoms with Crippen LogP contribution in [0.1, 0.15) is 29.3 Å². The van der Waals surface area contributed by atoms with Gasteiger partial charge in [0.2, 0.25) is 0 Å². The van der Waals surface area contributed by atoms with Crippen molar-refractivity contribution in [3.05, 3.63) is 53.6 Å². The van der Waals surface area contributed by atoms with Gasteiger partial charge in [-0.1, -0.05) is 12.1 Å². The van der Waals surface area contributed by atoms with E-state index in [0.717, 1.165) is 39.1 Å². The molecule has 7 heteroatoms. The number of anilines is 1. The highest BCUT2D eigenvalue weighted by Crippen LogP contribution is 2.28. The Bertz CT molecular complexity index is 923. The van der Waals surface area contributed by atoms with Crippen molar-refractivity contribution in [1.29, 1.82) is 0 Å². The van der Waals surface area contributed by atoms with Crippen molar-refractivity contribution in [2.75, 3.05) is 57.9 Å². The summed E-state index contributed by atoms with van der Waals surface area (Å²) < 4.78 is 10.8. The van der Waals surface area contributed by atoms with E-state index >= 15 is 0 Å². The van der Waals surface area contributed by atoms with Crippen LogP contribution in [0.15, 0.2) is 42.5 Å². The SMILES string of the molecule is COc1cc(C(C)=O)ccc1OCC(=O)NCCCN1CCN(c2cccc(C)c2)CC1. The van der Waals surface area contributed by atoms with E-state index in [0.29, 0.717) is 23.6 Å². The Labute approximate surface area is 190 Å². The van der Waals surface area contributed by atoms with E-state index in [-0.39, 0.29) is 18.3 Å². The molecule has 7 nitrogen and oxygen atoms in total. The third kappa shape index (κ3) is 6.72. The molecule has 2 aromatic carbocycles. The smallest absolute Gasteiger partial charge is 0.257 e. The molecule has 0 radical (unpaired) electrons. The molecule has 0 saturated carbocycles. The Hall–Kier alpha value is -3.06. The van der Waals surface area contributed by atoms with Crippen LogP contribution in [-0.4, -0.2) is 69.6 Å². The zero-order valence-corrected chi connectivity index (χ0v) is 19.2. The highest BCUT2D eigenvalue weighted by atomic mass is 16.5. The van der Waals surface area contributed by atoms with Gasteiger partial charge in [-0.2, -0.15) is 0 Å². The summed E-state index contributed by atoms with van der Waals surface area (Å²) in [5, 5.41) is 2.90. The molecule has 0 unspecified atom stereocenters. The number of aryl methyl sites for hydroxylation is 1. The number of carbonyl (C=O) groups excluding carboxylic acids is 2. The minimum Gasteiger partial charge on any atom is -0.493 e. The molecular weight excluding hydrogens is 406 g/mol. The zero-order chi connectivity index (χ0) is 22.9. The summed E-state index contributed by atoms with van der Waals surface area (Å²) in [6.45, 7) is 9.20. The number of ketones is 1. The van der Waals surface area contributed by atoms with E-state index < -0.39 is 0 Å². The van der Waals surface area contributed by atoms with Gasteiger partial charge in [0.25, 0.3) is 5.91 Å². The van der Waals surface area contributed by atoms with E-state index in [9.17, 15) is 9.59 Å².